The van der Waals surface area contributed by atoms with Crippen molar-refractivity contribution in [3.63, 3.8) is 0 Å². The van der Waals surface area contributed by atoms with Gasteiger partial charge in [-0.1, -0.05) is 42.8 Å². The lowest BCUT2D eigenvalue weighted by Gasteiger charge is -2.22. The average molecular weight is 360 g/mol. The maximum atomic E-state index is 11.8. The minimum atomic E-state index is -0.839. The number of nitrogens with one attached hydrogen (secondary N) is 1. The fraction of sp³-hybridized carbons (Fsp3) is 0.556. The molecule has 2 aromatic rings. The van der Waals surface area contributed by atoms with E-state index < -0.39 is 17.5 Å². The zero-order valence-electron chi connectivity index (χ0n) is 14.9. The van der Waals surface area contributed by atoms with Crippen molar-refractivity contribution in [1.29, 1.82) is 0 Å². The van der Waals surface area contributed by atoms with E-state index in [1.54, 1.807) is 0 Å². The SMILES string of the molecule is CCCC(C(=O)O)C(Cc1ccc(C2(O)CC[NH2+]C2)cc1)c1nn[nH]n1. The number of tetrazole rings is 1. The number of H-pyrrole nitrogens is 1. The second-order valence-electron chi connectivity index (χ2n) is 7.07. The summed E-state index contributed by atoms with van der Waals surface area (Å²) in [6, 6.07) is 7.81. The number of quaternary nitrogens is 1. The maximum Gasteiger partial charge on any atom is 0.307 e. The molecule has 0 bridgehead atoms. The largest absolute Gasteiger partial charge is 0.481 e. The fourth-order valence-corrected chi connectivity index (χ4v) is 3.80. The summed E-state index contributed by atoms with van der Waals surface area (Å²) in [5.41, 5.74) is 1.14. The third-order valence-electron chi connectivity index (χ3n) is 5.29. The number of carboxylic acids is 1. The molecule has 0 radical (unpaired) electrons. The molecule has 1 aromatic heterocycles. The lowest BCUT2D eigenvalue weighted by Crippen LogP contribution is -2.82. The molecule has 2 heterocycles. The van der Waals surface area contributed by atoms with Crippen LogP contribution in [-0.4, -0.2) is 49.9 Å². The van der Waals surface area contributed by atoms with Crippen LogP contribution in [0.25, 0.3) is 0 Å². The number of rotatable bonds is 8. The molecule has 0 amide bonds. The van der Waals surface area contributed by atoms with E-state index in [0.717, 1.165) is 30.5 Å². The molecule has 5 N–H and O–H groups in total. The predicted octanol–water partition coefficient (Wildman–Crippen LogP) is 0.182. The van der Waals surface area contributed by atoms with Crippen molar-refractivity contribution in [2.45, 2.75) is 44.1 Å². The van der Waals surface area contributed by atoms with Crippen LogP contribution in [0.15, 0.2) is 24.3 Å². The smallest absolute Gasteiger partial charge is 0.307 e. The molecule has 1 aliphatic rings. The van der Waals surface area contributed by atoms with E-state index in [0.29, 0.717) is 25.2 Å². The number of carbonyl (C=O) groups is 1. The van der Waals surface area contributed by atoms with Crippen LogP contribution >= 0.6 is 0 Å². The Hall–Kier alpha value is -2.32. The molecule has 3 atom stereocenters. The van der Waals surface area contributed by atoms with Crippen LogP contribution in [0, 0.1) is 5.92 Å². The number of hydrogen-bond donors (Lipinski definition) is 4. The summed E-state index contributed by atoms with van der Waals surface area (Å²) in [5, 5.41) is 36.5. The van der Waals surface area contributed by atoms with Crippen LogP contribution in [0.1, 0.15) is 49.1 Å². The monoisotopic (exact) mass is 360 g/mol. The van der Waals surface area contributed by atoms with Gasteiger partial charge in [-0.2, -0.15) is 5.21 Å². The lowest BCUT2D eigenvalue weighted by atomic mass is 9.83. The number of hydrogen-bond acceptors (Lipinski definition) is 5. The topological polar surface area (TPSA) is 129 Å². The van der Waals surface area contributed by atoms with Crippen LogP contribution in [-0.2, 0) is 16.8 Å². The van der Waals surface area contributed by atoms with E-state index in [2.05, 4.69) is 25.9 Å². The number of nitrogens with two attached hydrogens (primary N) is 1. The van der Waals surface area contributed by atoms with Gasteiger partial charge in [-0.25, -0.2) is 0 Å². The molecule has 1 aromatic carbocycles. The van der Waals surface area contributed by atoms with Crippen molar-refractivity contribution in [3.8, 4) is 0 Å². The van der Waals surface area contributed by atoms with Gasteiger partial charge in [0.05, 0.1) is 12.5 Å². The quantitative estimate of drug-likeness (QED) is 0.532. The Balaban J connectivity index is 1.81. The van der Waals surface area contributed by atoms with E-state index in [1.807, 2.05) is 31.2 Å². The molecule has 3 unspecified atom stereocenters. The standard InChI is InChI=1S/C18H25N5O3/c1-2-3-14(17(24)25)15(16-20-22-23-21-16)10-12-4-6-13(7-5-12)18(26)8-9-19-11-18/h4-7,14-15,19,26H,2-3,8-11H2,1H3,(H,24,25)(H,20,21,22,23)/p+1. The van der Waals surface area contributed by atoms with Gasteiger partial charge in [0.15, 0.2) is 5.82 Å². The van der Waals surface area contributed by atoms with Crippen LogP contribution in [0.4, 0.5) is 0 Å². The fourth-order valence-electron chi connectivity index (χ4n) is 3.80. The molecule has 3 rings (SSSR count). The Morgan fingerprint density at radius 1 is 1.38 bits per heavy atom. The molecule has 1 aliphatic heterocycles. The highest BCUT2D eigenvalue weighted by molar-refractivity contribution is 5.71. The Bertz CT molecular complexity index is 711. The molecular formula is C18H26N5O3+. The summed E-state index contributed by atoms with van der Waals surface area (Å²) in [6.45, 7) is 3.57. The van der Waals surface area contributed by atoms with E-state index in [4.69, 9.17) is 0 Å². The normalized spacial score (nSPS) is 22.2. The number of aliphatic hydroxyl groups is 1. The number of aliphatic carboxylic acids is 1. The zero-order valence-corrected chi connectivity index (χ0v) is 14.9. The van der Waals surface area contributed by atoms with Gasteiger partial charge in [-0.15, -0.1) is 10.2 Å². The number of nitrogens with zero attached hydrogens (tertiary/aromatic N) is 3. The molecule has 1 saturated heterocycles. The second kappa shape index (κ2) is 7.92. The van der Waals surface area contributed by atoms with Gasteiger partial charge in [0.2, 0.25) is 0 Å². The second-order valence-corrected chi connectivity index (χ2v) is 7.07. The first-order chi connectivity index (χ1) is 12.5. The van der Waals surface area contributed by atoms with Crippen molar-refractivity contribution in [3.05, 3.63) is 41.2 Å². The molecule has 0 saturated carbocycles. The molecule has 1 fully saturated rings. The van der Waals surface area contributed by atoms with Crippen molar-refractivity contribution in [2.24, 2.45) is 5.92 Å². The van der Waals surface area contributed by atoms with Crippen LogP contribution in [0.3, 0.4) is 0 Å². The van der Waals surface area contributed by atoms with Gasteiger partial charge in [0.25, 0.3) is 0 Å². The Labute approximate surface area is 152 Å². The number of carboxylic acid groups (broad SMARTS) is 1. The summed E-state index contributed by atoms with van der Waals surface area (Å²) < 4.78 is 0. The zero-order chi connectivity index (χ0) is 18.6. The summed E-state index contributed by atoms with van der Waals surface area (Å²) in [6.07, 6.45) is 2.59. The molecule has 140 valence electrons. The Morgan fingerprint density at radius 3 is 2.69 bits per heavy atom. The van der Waals surface area contributed by atoms with Crippen molar-refractivity contribution in [2.75, 3.05) is 13.1 Å². The van der Waals surface area contributed by atoms with Gasteiger partial charge >= 0.3 is 5.97 Å². The summed E-state index contributed by atoms with van der Waals surface area (Å²) >= 11 is 0. The Kier molecular flexibility index (Phi) is 5.63. The van der Waals surface area contributed by atoms with E-state index >= 15 is 0 Å². The van der Waals surface area contributed by atoms with Gasteiger partial charge in [0.1, 0.15) is 12.1 Å². The van der Waals surface area contributed by atoms with E-state index in [-0.39, 0.29) is 5.92 Å². The lowest BCUT2D eigenvalue weighted by molar-refractivity contribution is -0.642. The van der Waals surface area contributed by atoms with Crippen LogP contribution in [0.5, 0.6) is 0 Å². The molecule has 0 aliphatic carbocycles. The first-order valence-corrected chi connectivity index (χ1v) is 9.13. The van der Waals surface area contributed by atoms with Gasteiger partial charge in [-0.3, -0.25) is 4.79 Å². The van der Waals surface area contributed by atoms with E-state index in [9.17, 15) is 15.0 Å². The van der Waals surface area contributed by atoms with Crippen molar-refractivity contribution in [1.82, 2.24) is 20.6 Å². The van der Waals surface area contributed by atoms with E-state index in [1.165, 1.54) is 0 Å². The summed E-state index contributed by atoms with van der Waals surface area (Å²) in [5.74, 6) is -1.32. The predicted molar refractivity (Wildman–Crippen MR) is 93.3 cm³/mol. The van der Waals surface area contributed by atoms with Gasteiger partial charge < -0.3 is 15.5 Å². The molecule has 8 heteroatoms. The molecular weight excluding hydrogens is 334 g/mol. The highest BCUT2D eigenvalue weighted by Crippen LogP contribution is 2.31. The van der Waals surface area contributed by atoms with Gasteiger partial charge in [-0.05, 0) is 24.0 Å². The van der Waals surface area contributed by atoms with Crippen molar-refractivity contribution < 1.29 is 20.3 Å². The number of aromatic amines is 1. The highest BCUT2D eigenvalue weighted by atomic mass is 16.4. The van der Waals surface area contributed by atoms with Crippen LogP contribution in [0.2, 0.25) is 0 Å². The van der Waals surface area contributed by atoms with Gasteiger partial charge in [0, 0.05) is 12.3 Å². The molecule has 26 heavy (non-hydrogen) atoms. The average Bonchev–Trinajstić information content (AvgIpc) is 3.31. The number of benzene rings is 1. The van der Waals surface area contributed by atoms with Crippen molar-refractivity contribution >= 4 is 5.97 Å². The first-order valence-electron chi connectivity index (χ1n) is 9.13. The highest BCUT2D eigenvalue weighted by Gasteiger charge is 2.36. The number of aromatic nitrogens is 4. The first kappa shape index (κ1) is 18.5. The third kappa shape index (κ3) is 3.91. The minimum absolute atomic E-state index is 0.347. The minimum Gasteiger partial charge on any atom is -0.481 e. The third-order valence-corrected chi connectivity index (χ3v) is 5.29. The summed E-state index contributed by atoms with van der Waals surface area (Å²) in [7, 11) is 0. The molecule has 8 nitrogen and oxygen atoms in total. The maximum absolute atomic E-state index is 11.8. The van der Waals surface area contributed by atoms with Crippen LogP contribution < -0.4 is 5.32 Å². The molecule has 0 spiro atoms. The summed E-state index contributed by atoms with van der Waals surface area (Å²) in [4.78, 5) is 11.8. The Morgan fingerprint density at radius 2 is 2.15 bits per heavy atom.